The number of ether oxygens (including phenoxy) is 2. The van der Waals surface area contributed by atoms with Crippen molar-refractivity contribution in [1.29, 1.82) is 0 Å². The van der Waals surface area contributed by atoms with E-state index in [4.69, 9.17) is 33.3 Å². The number of hydrogen-bond donors (Lipinski definition) is 0. The van der Waals surface area contributed by atoms with E-state index in [0.717, 1.165) is 5.56 Å². The predicted molar refractivity (Wildman–Crippen MR) is 108 cm³/mol. The lowest BCUT2D eigenvalue weighted by atomic mass is 10.2. The number of carbonyl (C=O) groups is 1. The van der Waals surface area contributed by atoms with Crippen molar-refractivity contribution in [1.82, 2.24) is 5.01 Å². The maximum Gasteiger partial charge on any atom is 0.259 e. The summed E-state index contributed by atoms with van der Waals surface area (Å²) in [4.78, 5) is 11.8. The number of thioether (sulfide) groups is 1. The molecule has 0 N–H and O–H groups in total. The monoisotopic (exact) mass is 406 g/mol. The lowest BCUT2D eigenvalue weighted by molar-refractivity contribution is -0.123. The molecule has 1 aliphatic heterocycles. The van der Waals surface area contributed by atoms with E-state index in [9.17, 15) is 4.79 Å². The minimum atomic E-state index is -0.136. The van der Waals surface area contributed by atoms with Gasteiger partial charge in [-0.2, -0.15) is 10.1 Å². The van der Waals surface area contributed by atoms with Crippen LogP contribution in [0.15, 0.2) is 47.6 Å². The van der Waals surface area contributed by atoms with Crippen molar-refractivity contribution in [2.24, 2.45) is 5.10 Å². The molecular formula is C18H15ClN2O3S2. The fourth-order valence-electron chi connectivity index (χ4n) is 2.26. The summed E-state index contributed by atoms with van der Waals surface area (Å²) in [7, 11) is 1.57. The smallest absolute Gasteiger partial charge is 0.259 e. The average Bonchev–Trinajstić information content (AvgIpc) is 2.97. The first kappa shape index (κ1) is 18.7. The molecule has 1 heterocycles. The SMILES string of the molecule is COc1cccc(C=NN2C(=O)CSC2=S)c1OCc1ccc(Cl)cc1. The van der Waals surface area contributed by atoms with Gasteiger partial charge in [-0.05, 0) is 29.8 Å². The summed E-state index contributed by atoms with van der Waals surface area (Å²) in [5.41, 5.74) is 1.65. The Kier molecular flexibility index (Phi) is 6.13. The van der Waals surface area contributed by atoms with E-state index in [1.807, 2.05) is 36.4 Å². The van der Waals surface area contributed by atoms with Gasteiger partial charge in [0.05, 0.1) is 19.1 Å². The van der Waals surface area contributed by atoms with Crippen molar-refractivity contribution < 1.29 is 14.3 Å². The molecule has 8 heteroatoms. The Morgan fingerprint density at radius 1 is 1.31 bits per heavy atom. The van der Waals surface area contributed by atoms with E-state index >= 15 is 0 Å². The number of hydrogen-bond acceptors (Lipinski definition) is 6. The molecule has 3 rings (SSSR count). The molecule has 0 spiro atoms. The summed E-state index contributed by atoms with van der Waals surface area (Å²) >= 11 is 12.3. The van der Waals surface area contributed by atoms with E-state index in [0.29, 0.717) is 38.8 Å². The summed E-state index contributed by atoms with van der Waals surface area (Å²) in [6.07, 6.45) is 1.55. The highest BCUT2D eigenvalue weighted by molar-refractivity contribution is 8.23. The molecule has 1 fully saturated rings. The Bertz CT molecular complexity index is 840. The minimum Gasteiger partial charge on any atom is -0.493 e. The van der Waals surface area contributed by atoms with Crippen molar-refractivity contribution >= 4 is 52.0 Å². The number of thiocarbonyl (C=S) groups is 1. The summed E-state index contributed by atoms with van der Waals surface area (Å²) in [5.74, 6) is 1.29. The Labute approximate surface area is 165 Å². The largest absolute Gasteiger partial charge is 0.493 e. The Hall–Kier alpha value is -2.09. The first-order valence-electron chi connectivity index (χ1n) is 7.66. The average molecular weight is 407 g/mol. The van der Waals surface area contributed by atoms with Gasteiger partial charge in [0.15, 0.2) is 15.8 Å². The Balaban J connectivity index is 1.82. The molecule has 1 saturated heterocycles. The highest BCUT2D eigenvalue weighted by Crippen LogP contribution is 2.31. The van der Waals surface area contributed by atoms with Crippen LogP contribution in [0.4, 0.5) is 0 Å². The third kappa shape index (κ3) is 4.35. The predicted octanol–water partition coefficient (Wildman–Crippen LogP) is 4.12. The zero-order valence-corrected chi connectivity index (χ0v) is 16.2. The number of hydrazone groups is 1. The molecule has 0 aromatic heterocycles. The normalized spacial score (nSPS) is 14.3. The molecule has 0 saturated carbocycles. The number of rotatable bonds is 6. The molecule has 134 valence electrons. The lowest BCUT2D eigenvalue weighted by Gasteiger charge is -2.14. The summed E-state index contributed by atoms with van der Waals surface area (Å²) in [6.45, 7) is 0.343. The van der Waals surface area contributed by atoms with Crippen LogP contribution < -0.4 is 9.47 Å². The molecular weight excluding hydrogens is 392 g/mol. The van der Waals surface area contributed by atoms with Crippen molar-refractivity contribution in [3.05, 3.63) is 58.6 Å². The summed E-state index contributed by atoms with van der Waals surface area (Å²) < 4.78 is 11.8. The van der Waals surface area contributed by atoms with Gasteiger partial charge in [0.25, 0.3) is 5.91 Å². The highest BCUT2D eigenvalue weighted by atomic mass is 35.5. The van der Waals surface area contributed by atoms with Gasteiger partial charge in [0.1, 0.15) is 6.61 Å². The van der Waals surface area contributed by atoms with Crippen molar-refractivity contribution in [3.8, 4) is 11.5 Å². The van der Waals surface area contributed by atoms with E-state index < -0.39 is 0 Å². The second-order valence-electron chi connectivity index (χ2n) is 5.30. The van der Waals surface area contributed by atoms with Crippen LogP contribution in [0.1, 0.15) is 11.1 Å². The van der Waals surface area contributed by atoms with E-state index in [-0.39, 0.29) is 5.91 Å². The number of benzene rings is 2. The van der Waals surface area contributed by atoms with Gasteiger partial charge in [-0.25, -0.2) is 0 Å². The number of carbonyl (C=O) groups excluding carboxylic acids is 1. The van der Waals surface area contributed by atoms with Crippen LogP contribution in [0.3, 0.4) is 0 Å². The first-order chi connectivity index (χ1) is 12.6. The molecule has 0 unspecified atom stereocenters. The number of amides is 1. The quantitative estimate of drug-likeness (QED) is 0.533. The van der Waals surface area contributed by atoms with Crippen molar-refractivity contribution in [3.63, 3.8) is 0 Å². The zero-order valence-electron chi connectivity index (χ0n) is 13.8. The second kappa shape index (κ2) is 8.53. The second-order valence-corrected chi connectivity index (χ2v) is 7.34. The molecule has 1 aliphatic rings. The fourth-order valence-corrected chi connectivity index (χ4v) is 3.36. The standard InChI is InChI=1S/C18H15ClN2O3S2/c1-23-15-4-2-3-13(9-20-21-16(22)11-26-18(21)25)17(15)24-10-12-5-7-14(19)8-6-12/h2-9H,10-11H2,1H3. The third-order valence-corrected chi connectivity index (χ3v) is 5.16. The number of methoxy groups -OCH3 is 1. The molecule has 26 heavy (non-hydrogen) atoms. The fraction of sp³-hybridized carbons (Fsp3) is 0.167. The maximum absolute atomic E-state index is 11.8. The van der Waals surface area contributed by atoms with Crippen molar-refractivity contribution in [2.75, 3.05) is 12.9 Å². The highest BCUT2D eigenvalue weighted by Gasteiger charge is 2.26. The van der Waals surface area contributed by atoms with Gasteiger partial charge in [-0.3, -0.25) is 4.79 Å². The van der Waals surface area contributed by atoms with Gasteiger partial charge in [-0.15, -0.1) is 0 Å². The van der Waals surface area contributed by atoms with Crippen LogP contribution in [0.25, 0.3) is 0 Å². The van der Waals surface area contributed by atoms with E-state index in [2.05, 4.69) is 5.10 Å². The van der Waals surface area contributed by atoms with Crippen LogP contribution in [0, 0.1) is 0 Å². The molecule has 5 nitrogen and oxygen atoms in total. The number of halogens is 1. The number of nitrogens with zero attached hydrogens (tertiary/aromatic N) is 2. The van der Waals surface area contributed by atoms with E-state index in [1.165, 1.54) is 16.8 Å². The molecule has 2 aromatic rings. The van der Waals surface area contributed by atoms with Gasteiger partial charge >= 0.3 is 0 Å². The lowest BCUT2D eigenvalue weighted by Crippen LogP contribution is -2.22. The summed E-state index contributed by atoms with van der Waals surface area (Å²) in [5, 5.41) is 6.10. The molecule has 0 atom stereocenters. The molecule has 0 aliphatic carbocycles. The summed E-state index contributed by atoms with van der Waals surface area (Å²) in [6, 6.07) is 12.9. The van der Waals surface area contributed by atoms with Gasteiger partial charge in [0, 0.05) is 10.6 Å². The van der Waals surface area contributed by atoms with Crippen LogP contribution in [-0.4, -0.2) is 34.3 Å². The van der Waals surface area contributed by atoms with Crippen LogP contribution >= 0.6 is 35.6 Å². The molecule has 0 bridgehead atoms. The van der Waals surface area contributed by atoms with Gasteiger partial charge in [-0.1, -0.05) is 53.8 Å². The van der Waals surface area contributed by atoms with Crippen LogP contribution in [0.5, 0.6) is 11.5 Å². The van der Waals surface area contributed by atoms with Crippen molar-refractivity contribution in [2.45, 2.75) is 6.61 Å². The number of para-hydroxylation sites is 1. The minimum absolute atomic E-state index is 0.136. The maximum atomic E-state index is 11.8. The van der Waals surface area contributed by atoms with Crippen LogP contribution in [0.2, 0.25) is 5.02 Å². The van der Waals surface area contributed by atoms with Gasteiger partial charge < -0.3 is 9.47 Å². The molecule has 2 aromatic carbocycles. The first-order valence-corrected chi connectivity index (χ1v) is 9.43. The molecule has 0 radical (unpaired) electrons. The third-order valence-electron chi connectivity index (χ3n) is 3.57. The topological polar surface area (TPSA) is 51.1 Å². The Morgan fingerprint density at radius 2 is 2.08 bits per heavy atom. The zero-order chi connectivity index (χ0) is 18.5. The Morgan fingerprint density at radius 3 is 2.73 bits per heavy atom. The van der Waals surface area contributed by atoms with Gasteiger partial charge in [0.2, 0.25) is 0 Å². The molecule has 1 amide bonds. The van der Waals surface area contributed by atoms with Crippen LogP contribution in [-0.2, 0) is 11.4 Å². The van der Waals surface area contributed by atoms with E-state index in [1.54, 1.807) is 19.4 Å².